The van der Waals surface area contributed by atoms with Crippen molar-refractivity contribution >= 4 is 50.7 Å². The van der Waals surface area contributed by atoms with Gasteiger partial charge in [0, 0.05) is 37.5 Å². The number of carbonyl (C=O) groups excluding carboxylic acids is 2. The lowest BCUT2D eigenvalue weighted by Gasteiger charge is -2.32. The Morgan fingerprint density at radius 3 is 2.30 bits per heavy atom. The summed E-state index contributed by atoms with van der Waals surface area (Å²) in [6.07, 6.45) is 1.67. The zero-order valence-electron chi connectivity index (χ0n) is 22.9. The summed E-state index contributed by atoms with van der Waals surface area (Å²) in [4.78, 5) is 28.7. The summed E-state index contributed by atoms with van der Waals surface area (Å²) >= 11 is 12.4. The normalized spacial score (nSPS) is 12.0. The van der Waals surface area contributed by atoms with Gasteiger partial charge in [-0.3, -0.25) is 13.9 Å². The maximum atomic E-state index is 13.8. The number of sulfonamides is 1. The molecule has 0 aliphatic carbocycles. The van der Waals surface area contributed by atoms with Gasteiger partial charge in [0.05, 0.1) is 17.0 Å². The SMILES string of the molecule is CCNC(=O)[C@@H](Cc1ccccc1)N(Cc1cccc(C)c1)C(=O)CCCN(c1cc(Cl)ccc1Cl)S(C)(=O)=O. The van der Waals surface area contributed by atoms with E-state index in [1.807, 2.05) is 68.4 Å². The summed E-state index contributed by atoms with van der Waals surface area (Å²) in [5, 5.41) is 3.46. The van der Waals surface area contributed by atoms with Crippen LogP contribution < -0.4 is 9.62 Å². The van der Waals surface area contributed by atoms with Gasteiger partial charge in [-0.15, -0.1) is 0 Å². The van der Waals surface area contributed by atoms with Gasteiger partial charge in [-0.25, -0.2) is 8.42 Å². The molecular weight excluding hydrogens is 569 g/mol. The number of hydrogen-bond acceptors (Lipinski definition) is 4. The van der Waals surface area contributed by atoms with Gasteiger partial charge in [0.25, 0.3) is 0 Å². The molecule has 0 aliphatic rings. The second-order valence-corrected chi connectivity index (χ2v) is 12.4. The Kier molecular flexibility index (Phi) is 11.4. The van der Waals surface area contributed by atoms with E-state index in [-0.39, 0.29) is 48.5 Å². The number of nitrogens with zero attached hydrogens (tertiary/aromatic N) is 2. The zero-order chi connectivity index (χ0) is 29.3. The van der Waals surface area contributed by atoms with Crippen LogP contribution in [0.5, 0.6) is 0 Å². The summed E-state index contributed by atoms with van der Waals surface area (Å²) in [5.74, 6) is -0.491. The lowest BCUT2D eigenvalue weighted by molar-refractivity contribution is -0.141. The maximum absolute atomic E-state index is 13.8. The summed E-state index contributed by atoms with van der Waals surface area (Å²) in [6.45, 7) is 4.51. The average Bonchev–Trinajstić information content (AvgIpc) is 2.90. The fourth-order valence-electron chi connectivity index (χ4n) is 4.51. The number of halogens is 2. The van der Waals surface area contributed by atoms with Crippen LogP contribution in [0.4, 0.5) is 5.69 Å². The largest absolute Gasteiger partial charge is 0.355 e. The maximum Gasteiger partial charge on any atom is 0.243 e. The molecule has 1 N–H and O–H groups in total. The molecule has 3 aromatic rings. The Morgan fingerprint density at radius 2 is 1.65 bits per heavy atom. The molecular formula is C30H35Cl2N3O4S. The van der Waals surface area contributed by atoms with E-state index in [0.717, 1.165) is 27.3 Å². The molecule has 0 radical (unpaired) electrons. The number of nitrogens with one attached hydrogen (secondary N) is 1. The van der Waals surface area contributed by atoms with Crippen molar-refractivity contribution in [2.24, 2.45) is 0 Å². The molecule has 40 heavy (non-hydrogen) atoms. The molecule has 0 saturated heterocycles. The van der Waals surface area contributed by atoms with Crippen LogP contribution in [0.1, 0.15) is 36.5 Å². The van der Waals surface area contributed by atoms with E-state index < -0.39 is 16.1 Å². The monoisotopic (exact) mass is 603 g/mol. The van der Waals surface area contributed by atoms with E-state index in [0.29, 0.717) is 18.0 Å². The molecule has 0 aliphatic heterocycles. The third kappa shape index (κ3) is 8.98. The first-order valence-corrected chi connectivity index (χ1v) is 15.7. The summed E-state index contributed by atoms with van der Waals surface area (Å²) in [6, 6.07) is 21.2. The highest BCUT2D eigenvalue weighted by atomic mass is 35.5. The molecule has 0 unspecified atom stereocenters. The first-order valence-electron chi connectivity index (χ1n) is 13.1. The average molecular weight is 605 g/mol. The minimum Gasteiger partial charge on any atom is -0.355 e. The van der Waals surface area contributed by atoms with Crippen LogP contribution in [0.15, 0.2) is 72.8 Å². The molecule has 1 atom stereocenters. The smallest absolute Gasteiger partial charge is 0.243 e. The second kappa shape index (κ2) is 14.5. The molecule has 0 aromatic heterocycles. The fourth-order valence-corrected chi connectivity index (χ4v) is 5.92. The number of likely N-dealkylation sites (N-methyl/N-ethyl adjacent to an activating group) is 1. The van der Waals surface area contributed by atoms with Crippen LogP contribution in [-0.4, -0.2) is 50.5 Å². The van der Waals surface area contributed by atoms with E-state index in [1.54, 1.807) is 11.0 Å². The quantitative estimate of drug-likeness (QED) is 0.274. The predicted molar refractivity (Wildman–Crippen MR) is 162 cm³/mol. The Labute approximate surface area is 247 Å². The molecule has 0 spiro atoms. The van der Waals surface area contributed by atoms with Crippen molar-refractivity contribution in [1.82, 2.24) is 10.2 Å². The van der Waals surface area contributed by atoms with Gasteiger partial charge >= 0.3 is 0 Å². The Hall–Kier alpha value is -3.07. The summed E-state index contributed by atoms with van der Waals surface area (Å²) in [5.41, 5.74) is 3.13. The third-order valence-electron chi connectivity index (χ3n) is 6.39. The Morgan fingerprint density at radius 1 is 0.950 bits per heavy atom. The first-order chi connectivity index (χ1) is 19.0. The lowest BCUT2D eigenvalue weighted by atomic mass is 10.0. The van der Waals surface area contributed by atoms with Crippen molar-refractivity contribution < 1.29 is 18.0 Å². The van der Waals surface area contributed by atoms with Gasteiger partial charge in [0.1, 0.15) is 6.04 Å². The predicted octanol–water partition coefficient (Wildman–Crippen LogP) is 5.62. The Balaban J connectivity index is 1.88. The Bertz CT molecular complexity index is 1420. The van der Waals surface area contributed by atoms with Gasteiger partial charge in [0.2, 0.25) is 21.8 Å². The van der Waals surface area contributed by atoms with Crippen LogP contribution in [0, 0.1) is 6.92 Å². The van der Waals surface area contributed by atoms with Crippen molar-refractivity contribution in [2.75, 3.05) is 23.7 Å². The number of amides is 2. The minimum atomic E-state index is -3.71. The van der Waals surface area contributed by atoms with Crippen LogP contribution in [0.2, 0.25) is 10.0 Å². The molecule has 0 bridgehead atoms. The number of aryl methyl sites for hydroxylation is 1. The summed E-state index contributed by atoms with van der Waals surface area (Å²) < 4.78 is 26.4. The molecule has 0 saturated carbocycles. The van der Waals surface area contributed by atoms with E-state index >= 15 is 0 Å². The molecule has 0 fully saturated rings. The fraction of sp³-hybridized carbons (Fsp3) is 0.333. The van der Waals surface area contributed by atoms with Crippen LogP contribution in [0.25, 0.3) is 0 Å². The number of hydrogen-bond donors (Lipinski definition) is 1. The first kappa shape index (κ1) is 31.5. The van der Waals surface area contributed by atoms with Crippen LogP contribution in [-0.2, 0) is 32.6 Å². The van der Waals surface area contributed by atoms with Crippen molar-refractivity contribution in [1.29, 1.82) is 0 Å². The zero-order valence-corrected chi connectivity index (χ0v) is 25.3. The van der Waals surface area contributed by atoms with E-state index in [2.05, 4.69) is 5.32 Å². The number of carbonyl (C=O) groups is 2. The third-order valence-corrected chi connectivity index (χ3v) is 8.12. The van der Waals surface area contributed by atoms with Gasteiger partial charge in [-0.2, -0.15) is 0 Å². The lowest BCUT2D eigenvalue weighted by Crippen LogP contribution is -2.50. The molecule has 3 aromatic carbocycles. The highest BCUT2D eigenvalue weighted by Gasteiger charge is 2.30. The standard InChI is InChI=1S/C30H35Cl2N3O4S/c1-4-33-30(37)28(19-23-11-6-5-7-12-23)34(21-24-13-8-10-22(2)18-24)29(36)14-9-17-35(40(3,38)39)27-20-25(31)15-16-26(27)32/h5-8,10-13,15-16,18,20,28H,4,9,14,17,19,21H2,1-3H3,(H,33,37)/t28-/m1/s1. The molecule has 2 amide bonds. The van der Waals surface area contributed by atoms with Gasteiger partial charge in [-0.05, 0) is 49.6 Å². The number of rotatable bonds is 13. The van der Waals surface area contributed by atoms with Gasteiger partial charge in [-0.1, -0.05) is 83.4 Å². The van der Waals surface area contributed by atoms with Crippen molar-refractivity contribution in [3.05, 3.63) is 99.5 Å². The van der Waals surface area contributed by atoms with Crippen LogP contribution in [0.3, 0.4) is 0 Å². The van der Waals surface area contributed by atoms with Gasteiger partial charge in [0.15, 0.2) is 0 Å². The summed E-state index contributed by atoms with van der Waals surface area (Å²) in [7, 11) is -3.71. The highest BCUT2D eigenvalue weighted by molar-refractivity contribution is 7.92. The van der Waals surface area contributed by atoms with E-state index in [9.17, 15) is 18.0 Å². The number of anilines is 1. The van der Waals surface area contributed by atoms with Crippen molar-refractivity contribution in [2.45, 2.75) is 45.7 Å². The van der Waals surface area contributed by atoms with Gasteiger partial charge < -0.3 is 10.2 Å². The molecule has 7 nitrogen and oxygen atoms in total. The topological polar surface area (TPSA) is 86.8 Å². The van der Waals surface area contributed by atoms with Crippen LogP contribution >= 0.6 is 23.2 Å². The van der Waals surface area contributed by atoms with E-state index in [4.69, 9.17) is 23.2 Å². The second-order valence-electron chi connectivity index (χ2n) is 9.65. The number of benzene rings is 3. The highest BCUT2D eigenvalue weighted by Crippen LogP contribution is 2.31. The molecule has 3 rings (SSSR count). The van der Waals surface area contributed by atoms with Crippen molar-refractivity contribution in [3.63, 3.8) is 0 Å². The molecule has 0 heterocycles. The van der Waals surface area contributed by atoms with E-state index in [1.165, 1.54) is 12.1 Å². The van der Waals surface area contributed by atoms with Crippen molar-refractivity contribution in [3.8, 4) is 0 Å². The molecule has 214 valence electrons. The minimum absolute atomic E-state index is 0.0213. The molecule has 10 heteroatoms.